The van der Waals surface area contributed by atoms with E-state index in [1.165, 1.54) is 34.9 Å². The molecule has 2 fully saturated rings. The van der Waals surface area contributed by atoms with Gasteiger partial charge in [-0.3, -0.25) is 0 Å². The van der Waals surface area contributed by atoms with Gasteiger partial charge in [-0.05, 0) is 78.1 Å². The van der Waals surface area contributed by atoms with Crippen LogP contribution in [0.15, 0.2) is 42.6 Å². The lowest BCUT2D eigenvalue weighted by Gasteiger charge is -2.22. The fourth-order valence-corrected chi connectivity index (χ4v) is 5.71. The number of rotatable bonds is 6. The van der Waals surface area contributed by atoms with E-state index in [-0.39, 0.29) is 0 Å². The molecule has 3 heterocycles. The van der Waals surface area contributed by atoms with Crippen LogP contribution >= 0.6 is 0 Å². The van der Waals surface area contributed by atoms with E-state index in [4.69, 9.17) is 0 Å². The Morgan fingerprint density at radius 2 is 1.94 bits per heavy atom. The fourth-order valence-electron chi connectivity index (χ4n) is 5.71. The standard InChI is InChI=1S/C26H30N6/c1-3-32-14-20(24(15-32)18-6-8-19(9-7-18)26-28-30-31-29-26)13-23-21-10-11-27-25(21)16(2)12-22(23)17-4-5-17/h6-12,17,20,24,27H,3-5,13-15H2,1-2H3,(H,28,29,30,31). The normalized spacial score (nSPS) is 21.6. The van der Waals surface area contributed by atoms with E-state index in [9.17, 15) is 0 Å². The minimum absolute atomic E-state index is 0.539. The molecule has 164 valence electrons. The van der Waals surface area contributed by atoms with Crippen LogP contribution in [0, 0.1) is 12.8 Å². The van der Waals surface area contributed by atoms with Crippen LogP contribution in [0.25, 0.3) is 22.3 Å². The Morgan fingerprint density at radius 3 is 2.66 bits per heavy atom. The van der Waals surface area contributed by atoms with E-state index < -0.39 is 0 Å². The Balaban J connectivity index is 1.34. The molecule has 6 rings (SSSR count). The van der Waals surface area contributed by atoms with Gasteiger partial charge in [-0.1, -0.05) is 37.3 Å². The summed E-state index contributed by atoms with van der Waals surface area (Å²) in [6, 6.07) is 13.6. The number of benzene rings is 2. The van der Waals surface area contributed by atoms with Crippen molar-refractivity contribution in [1.29, 1.82) is 0 Å². The van der Waals surface area contributed by atoms with Crippen molar-refractivity contribution in [2.24, 2.45) is 5.92 Å². The second kappa shape index (κ2) is 7.85. The number of aryl methyl sites for hydroxylation is 1. The summed E-state index contributed by atoms with van der Waals surface area (Å²) in [6.45, 7) is 7.93. The zero-order valence-corrected chi connectivity index (χ0v) is 18.8. The summed E-state index contributed by atoms with van der Waals surface area (Å²) in [4.78, 5) is 6.11. The summed E-state index contributed by atoms with van der Waals surface area (Å²) >= 11 is 0. The second-order valence-corrected chi connectivity index (χ2v) is 9.58. The van der Waals surface area contributed by atoms with Crippen LogP contribution in [0.4, 0.5) is 0 Å². The van der Waals surface area contributed by atoms with Gasteiger partial charge in [0.25, 0.3) is 0 Å². The van der Waals surface area contributed by atoms with Crippen molar-refractivity contribution in [3.63, 3.8) is 0 Å². The van der Waals surface area contributed by atoms with Crippen LogP contribution in [0.1, 0.15) is 53.9 Å². The van der Waals surface area contributed by atoms with Crippen LogP contribution in [-0.2, 0) is 6.42 Å². The van der Waals surface area contributed by atoms with Gasteiger partial charge in [0.2, 0.25) is 5.82 Å². The minimum Gasteiger partial charge on any atom is -0.361 e. The van der Waals surface area contributed by atoms with E-state index in [2.05, 4.69) is 87.0 Å². The number of nitrogens with one attached hydrogen (secondary N) is 2. The maximum absolute atomic E-state index is 4.11. The first kappa shape index (κ1) is 19.7. The van der Waals surface area contributed by atoms with Gasteiger partial charge in [0, 0.05) is 41.7 Å². The number of H-pyrrole nitrogens is 2. The van der Waals surface area contributed by atoms with E-state index >= 15 is 0 Å². The zero-order valence-electron chi connectivity index (χ0n) is 18.8. The SMILES string of the molecule is CCN1CC(Cc2c(C3CC3)cc(C)c3[nH]ccc23)C(c2ccc(-c3nn[nH]n3)cc2)C1. The van der Waals surface area contributed by atoms with Crippen LogP contribution in [0.2, 0.25) is 0 Å². The van der Waals surface area contributed by atoms with E-state index in [0.717, 1.165) is 37.5 Å². The first-order valence-electron chi connectivity index (χ1n) is 11.9. The van der Waals surface area contributed by atoms with Gasteiger partial charge in [0.15, 0.2) is 0 Å². The molecule has 6 heteroatoms. The molecule has 1 saturated heterocycles. The third kappa shape index (κ3) is 3.43. The van der Waals surface area contributed by atoms with E-state index in [1.807, 2.05) is 0 Å². The number of aromatic nitrogens is 5. The van der Waals surface area contributed by atoms with Gasteiger partial charge in [-0.25, -0.2) is 0 Å². The maximum atomic E-state index is 4.11. The number of nitrogens with zero attached hydrogens (tertiary/aromatic N) is 4. The van der Waals surface area contributed by atoms with E-state index in [1.54, 1.807) is 11.1 Å². The smallest absolute Gasteiger partial charge is 0.204 e. The first-order chi connectivity index (χ1) is 15.7. The molecule has 2 aromatic heterocycles. The molecule has 32 heavy (non-hydrogen) atoms. The number of fused-ring (bicyclic) bond motifs is 1. The number of hydrogen-bond donors (Lipinski definition) is 2. The van der Waals surface area contributed by atoms with E-state index in [0.29, 0.717) is 17.7 Å². The number of hydrogen-bond acceptors (Lipinski definition) is 4. The van der Waals surface area contributed by atoms with Crippen molar-refractivity contribution in [3.8, 4) is 11.4 Å². The molecule has 0 spiro atoms. The summed E-state index contributed by atoms with van der Waals surface area (Å²) < 4.78 is 0. The Bertz CT molecular complexity index is 1220. The molecule has 6 nitrogen and oxygen atoms in total. The molecule has 1 saturated carbocycles. The third-order valence-corrected chi connectivity index (χ3v) is 7.58. The minimum atomic E-state index is 0.539. The molecule has 1 aliphatic heterocycles. The Labute approximate surface area is 188 Å². The summed E-state index contributed by atoms with van der Waals surface area (Å²) in [7, 11) is 0. The average Bonchev–Trinajstić information content (AvgIpc) is 3.22. The predicted molar refractivity (Wildman–Crippen MR) is 127 cm³/mol. The van der Waals surface area contributed by atoms with Crippen molar-refractivity contribution in [2.45, 2.75) is 44.9 Å². The molecule has 0 bridgehead atoms. The second-order valence-electron chi connectivity index (χ2n) is 9.58. The van der Waals surface area contributed by atoms with Gasteiger partial charge < -0.3 is 9.88 Å². The predicted octanol–water partition coefficient (Wildman–Crippen LogP) is 4.81. The van der Waals surface area contributed by atoms with Crippen molar-refractivity contribution in [2.75, 3.05) is 19.6 Å². The molecule has 0 amide bonds. The molecule has 2 unspecified atom stereocenters. The molecule has 2 N–H and O–H groups in total. The van der Waals surface area contributed by atoms with Crippen LogP contribution in [-0.4, -0.2) is 50.1 Å². The van der Waals surface area contributed by atoms with Crippen molar-refractivity contribution in [1.82, 2.24) is 30.5 Å². The van der Waals surface area contributed by atoms with Crippen molar-refractivity contribution >= 4 is 10.9 Å². The lowest BCUT2D eigenvalue weighted by atomic mass is 9.82. The van der Waals surface area contributed by atoms with Gasteiger partial charge in [-0.2, -0.15) is 5.21 Å². The third-order valence-electron chi connectivity index (χ3n) is 7.58. The topological polar surface area (TPSA) is 73.5 Å². The van der Waals surface area contributed by atoms with Crippen LogP contribution < -0.4 is 0 Å². The highest BCUT2D eigenvalue weighted by atomic mass is 15.5. The lowest BCUT2D eigenvalue weighted by molar-refractivity contribution is 0.341. The first-order valence-corrected chi connectivity index (χ1v) is 11.9. The van der Waals surface area contributed by atoms with Crippen molar-refractivity contribution < 1.29 is 0 Å². The highest BCUT2D eigenvalue weighted by molar-refractivity contribution is 5.87. The highest BCUT2D eigenvalue weighted by Gasteiger charge is 2.35. The molecule has 1 aliphatic carbocycles. The molecule has 2 aromatic carbocycles. The number of likely N-dealkylation sites (tertiary alicyclic amines) is 1. The van der Waals surface area contributed by atoms with Gasteiger partial charge in [-0.15, -0.1) is 10.2 Å². The molecule has 2 aliphatic rings. The molecule has 4 aromatic rings. The maximum Gasteiger partial charge on any atom is 0.204 e. The summed E-state index contributed by atoms with van der Waals surface area (Å²) in [6.07, 6.45) is 5.94. The Morgan fingerprint density at radius 1 is 1.09 bits per heavy atom. The molecular weight excluding hydrogens is 396 g/mol. The summed E-state index contributed by atoms with van der Waals surface area (Å²) in [5.74, 6) is 2.57. The largest absolute Gasteiger partial charge is 0.361 e. The number of likely N-dealkylation sites (N-methyl/N-ethyl adjacent to an activating group) is 1. The number of tetrazole rings is 1. The monoisotopic (exact) mass is 426 g/mol. The van der Waals surface area contributed by atoms with Crippen LogP contribution in [0.3, 0.4) is 0 Å². The zero-order chi connectivity index (χ0) is 21.7. The Kier molecular flexibility index (Phi) is 4.83. The summed E-state index contributed by atoms with van der Waals surface area (Å²) in [5.41, 5.74) is 8.32. The van der Waals surface area contributed by atoms with Crippen LogP contribution in [0.5, 0.6) is 0 Å². The molecule has 2 atom stereocenters. The molecule has 0 radical (unpaired) electrons. The van der Waals surface area contributed by atoms with Crippen molar-refractivity contribution in [3.05, 3.63) is 64.8 Å². The van der Waals surface area contributed by atoms with Gasteiger partial charge >= 0.3 is 0 Å². The van der Waals surface area contributed by atoms with Gasteiger partial charge in [0.1, 0.15) is 0 Å². The quantitative estimate of drug-likeness (QED) is 0.464. The fraction of sp³-hybridized carbons (Fsp3) is 0.423. The van der Waals surface area contributed by atoms with Gasteiger partial charge in [0.05, 0.1) is 0 Å². The lowest BCUT2D eigenvalue weighted by Crippen LogP contribution is -2.20. The highest BCUT2D eigenvalue weighted by Crippen LogP contribution is 2.46. The molecular formula is C26H30N6. The Hall–Kier alpha value is -2.99. The number of aromatic amines is 2. The summed E-state index contributed by atoms with van der Waals surface area (Å²) in [5, 5.41) is 15.9. The average molecular weight is 427 g/mol.